The first-order valence-electron chi connectivity index (χ1n) is 5.57. The van der Waals surface area contributed by atoms with Crippen LogP contribution in [0.15, 0.2) is 11.0 Å². The van der Waals surface area contributed by atoms with Gasteiger partial charge in [-0.2, -0.15) is 5.21 Å². The van der Waals surface area contributed by atoms with Gasteiger partial charge in [0.15, 0.2) is 0 Å². The Bertz CT molecular complexity index is 573. The summed E-state index contributed by atoms with van der Waals surface area (Å²) in [5.41, 5.74) is 2.08. The molecule has 94 valence electrons. The summed E-state index contributed by atoms with van der Waals surface area (Å²) in [6.07, 6.45) is 2.18. The van der Waals surface area contributed by atoms with Crippen molar-refractivity contribution in [2.75, 3.05) is 12.9 Å². The molecule has 1 aromatic heterocycles. The van der Waals surface area contributed by atoms with Crippen molar-refractivity contribution in [3.63, 3.8) is 0 Å². The van der Waals surface area contributed by atoms with Gasteiger partial charge in [-0.3, -0.25) is 0 Å². The molecule has 0 saturated carbocycles. The number of rotatable bonds is 2. The van der Waals surface area contributed by atoms with Crippen LogP contribution in [0.5, 0.6) is 5.75 Å². The van der Waals surface area contributed by atoms with Crippen molar-refractivity contribution in [3.8, 4) is 17.1 Å². The lowest BCUT2D eigenvalue weighted by atomic mass is 10.0. The molecule has 1 aromatic carbocycles. The second-order valence-corrected chi connectivity index (χ2v) is 5.45. The van der Waals surface area contributed by atoms with E-state index < -0.39 is 0 Å². The van der Waals surface area contributed by atoms with Crippen molar-refractivity contribution < 1.29 is 4.74 Å². The highest BCUT2D eigenvalue weighted by Gasteiger charge is 2.24. The normalized spacial score (nSPS) is 14.3. The fraction of sp³-hybridized carbons (Fsp3) is 0.364. The van der Waals surface area contributed by atoms with Gasteiger partial charge < -0.3 is 4.74 Å². The number of hydrogen-bond acceptors (Lipinski definition) is 5. The van der Waals surface area contributed by atoms with E-state index in [0.29, 0.717) is 16.6 Å². The number of hydrogen-bond donors (Lipinski definition) is 1. The van der Waals surface area contributed by atoms with Gasteiger partial charge in [0.25, 0.3) is 0 Å². The summed E-state index contributed by atoms with van der Waals surface area (Å²) in [5.74, 6) is 2.23. The molecule has 0 radical (unpaired) electrons. The Kier molecular flexibility index (Phi) is 3.13. The van der Waals surface area contributed by atoms with Gasteiger partial charge in [0.05, 0.1) is 17.7 Å². The van der Waals surface area contributed by atoms with Crippen LogP contribution in [0.2, 0.25) is 5.02 Å². The molecule has 7 heteroatoms. The molecule has 0 amide bonds. The molecular weight excluding hydrogens is 272 g/mol. The summed E-state index contributed by atoms with van der Waals surface area (Å²) in [4.78, 5) is 1.16. The first-order chi connectivity index (χ1) is 8.81. The highest BCUT2D eigenvalue weighted by Crippen LogP contribution is 2.46. The lowest BCUT2D eigenvalue weighted by molar-refractivity contribution is 0.415. The number of tetrazole rings is 1. The molecule has 0 aliphatic carbocycles. The van der Waals surface area contributed by atoms with E-state index in [1.807, 2.05) is 6.07 Å². The molecular formula is C11H11ClN4OS. The summed E-state index contributed by atoms with van der Waals surface area (Å²) in [7, 11) is 1.60. The number of thioether (sulfide) groups is 1. The van der Waals surface area contributed by atoms with Crippen LogP contribution < -0.4 is 4.74 Å². The maximum atomic E-state index is 6.26. The third kappa shape index (κ3) is 1.85. The van der Waals surface area contributed by atoms with E-state index in [1.165, 1.54) is 5.56 Å². The van der Waals surface area contributed by atoms with Crippen LogP contribution in [-0.4, -0.2) is 33.5 Å². The van der Waals surface area contributed by atoms with Crippen molar-refractivity contribution in [1.82, 2.24) is 20.6 Å². The predicted molar refractivity (Wildman–Crippen MR) is 70.2 cm³/mol. The third-order valence-corrected chi connectivity index (χ3v) is 4.40. The third-order valence-electron chi connectivity index (χ3n) is 2.87. The Morgan fingerprint density at radius 2 is 2.39 bits per heavy atom. The van der Waals surface area contributed by atoms with E-state index in [-0.39, 0.29) is 0 Å². The second-order valence-electron chi connectivity index (χ2n) is 3.94. The fourth-order valence-corrected chi connectivity index (χ4v) is 3.60. The van der Waals surface area contributed by atoms with Crippen LogP contribution >= 0.6 is 23.4 Å². The standard InChI is InChI=1S/C11H11ClN4OS/c1-17-9-7(12)5-6-3-2-4-18-10(6)8(9)11-13-15-16-14-11/h5H,2-4H2,1H3,(H,13,14,15,16). The minimum absolute atomic E-state index is 0.528. The molecule has 1 aliphatic rings. The number of H-pyrrole nitrogens is 1. The second kappa shape index (κ2) is 4.78. The van der Waals surface area contributed by atoms with Gasteiger partial charge in [0.2, 0.25) is 5.82 Å². The van der Waals surface area contributed by atoms with Crippen LogP contribution in [0.3, 0.4) is 0 Å². The van der Waals surface area contributed by atoms with E-state index in [1.54, 1.807) is 18.9 Å². The zero-order chi connectivity index (χ0) is 12.5. The molecule has 0 unspecified atom stereocenters. The zero-order valence-electron chi connectivity index (χ0n) is 9.73. The number of halogens is 1. The number of aryl methyl sites for hydroxylation is 1. The van der Waals surface area contributed by atoms with Crippen molar-refractivity contribution >= 4 is 23.4 Å². The molecule has 1 aliphatic heterocycles. The summed E-state index contributed by atoms with van der Waals surface area (Å²) in [5, 5.41) is 14.8. The fourth-order valence-electron chi connectivity index (χ4n) is 2.12. The van der Waals surface area contributed by atoms with Gasteiger partial charge in [-0.05, 0) is 35.4 Å². The number of nitrogens with zero attached hydrogens (tertiary/aromatic N) is 3. The maximum Gasteiger partial charge on any atom is 0.209 e. The molecule has 1 N–H and O–H groups in total. The quantitative estimate of drug-likeness (QED) is 0.917. The Labute approximate surface area is 113 Å². The largest absolute Gasteiger partial charge is 0.494 e. The number of aromatic amines is 1. The Balaban J connectivity index is 2.28. The molecule has 18 heavy (non-hydrogen) atoms. The van der Waals surface area contributed by atoms with Crippen molar-refractivity contribution in [2.45, 2.75) is 17.7 Å². The van der Waals surface area contributed by atoms with E-state index >= 15 is 0 Å². The lowest BCUT2D eigenvalue weighted by Crippen LogP contribution is -2.03. The van der Waals surface area contributed by atoms with E-state index in [9.17, 15) is 0 Å². The highest BCUT2D eigenvalue weighted by atomic mass is 35.5. The van der Waals surface area contributed by atoms with Gasteiger partial charge in [-0.1, -0.05) is 11.6 Å². The van der Waals surface area contributed by atoms with E-state index in [4.69, 9.17) is 16.3 Å². The van der Waals surface area contributed by atoms with Crippen LogP contribution in [-0.2, 0) is 6.42 Å². The molecule has 0 atom stereocenters. The Morgan fingerprint density at radius 3 is 3.11 bits per heavy atom. The van der Waals surface area contributed by atoms with Crippen LogP contribution in [0.4, 0.5) is 0 Å². The Morgan fingerprint density at radius 1 is 1.50 bits per heavy atom. The SMILES string of the molecule is COc1c(Cl)cc2c(c1-c1nn[nH]n1)SCCC2. The summed E-state index contributed by atoms with van der Waals surface area (Å²) in [6, 6.07) is 1.98. The summed E-state index contributed by atoms with van der Waals surface area (Å²) >= 11 is 8.05. The van der Waals surface area contributed by atoms with Crippen LogP contribution in [0.1, 0.15) is 12.0 Å². The molecule has 0 saturated heterocycles. The van der Waals surface area contributed by atoms with Gasteiger partial charge in [0.1, 0.15) is 5.75 Å². The number of aromatic nitrogens is 4. The number of fused-ring (bicyclic) bond motifs is 1. The monoisotopic (exact) mass is 282 g/mol. The van der Waals surface area contributed by atoms with E-state index in [2.05, 4.69) is 20.6 Å². The number of ether oxygens (including phenoxy) is 1. The van der Waals surface area contributed by atoms with Gasteiger partial charge in [-0.25, -0.2) is 0 Å². The molecule has 0 bridgehead atoms. The van der Waals surface area contributed by atoms with Crippen LogP contribution in [0, 0.1) is 0 Å². The van der Waals surface area contributed by atoms with Crippen molar-refractivity contribution in [2.24, 2.45) is 0 Å². The molecule has 0 fully saturated rings. The van der Waals surface area contributed by atoms with Gasteiger partial charge in [-0.15, -0.1) is 22.0 Å². The zero-order valence-corrected chi connectivity index (χ0v) is 11.3. The van der Waals surface area contributed by atoms with Gasteiger partial charge in [0, 0.05) is 4.90 Å². The lowest BCUT2D eigenvalue weighted by Gasteiger charge is -2.20. The van der Waals surface area contributed by atoms with Crippen LogP contribution in [0.25, 0.3) is 11.4 Å². The summed E-state index contributed by atoms with van der Waals surface area (Å²) < 4.78 is 5.40. The smallest absolute Gasteiger partial charge is 0.209 e. The maximum absolute atomic E-state index is 6.26. The summed E-state index contributed by atoms with van der Waals surface area (Å²) in [6.45, 7) is 0. The first-order valence-corrected chi connectivity index (χ1v) is 6.93. The number of methoxy groups -OCH3 is 1. The van der Waals surface area contributed by atoms with Crippen molar-refractivity contribution in [1.29, 1.82) is 0 Å². The molecule has 0 spiro atoms. The average Bonchev–Trinajstić information content (AvgIpc) is 2.90. The molecule has 2 aromatic rings. The topological polar surface area (TPSA) is 63.7 Å². The van der Waals surface area contributed by atoms with E-state index in [0.717, 1.165) is 29.1 Å². The predicted octanol–water partition coefficient (Wildman–Crippen LogP) is 2.57. The number of nitrogens with one attached hydrogen (secondary N) is 1. The average molecular weight is 283 g/mol. The van der Waals surface area contributed by atoms with Crippen molar-refractivity contribution in [3.05, 3.63) is 16.7 Å². The minimum Gasteiger partial charge on any atom is -0.494 e. The molecule has 2 heterocycles. The highest BCUT2D eigenvalue weighted by molar-refractivity contribution is 7.99. The van der Waals surface area contributed by atoms with Gasteiger partial charge >= 0.3 is 0 Å². The molecule has 5 nitrogen and oxygen atoms in total. The Hall–Kier alpha value is -1.27. The first kappa shape index (κ1) is 11.8. The minimum atomic E-state index is 0.528. The molecule has 3 rings (SSSR count). The number of benzene rings is 1.